The molecule has 1 unspecified atom stereocenters. The number of amidine groups is 1. The number of amides is 1. The maximum Gasteiger partial charge on any atom is 0.269 e. The summed E-state index contributed by atoms with van der Waals surface area (Å²) in [6, 6.07) is 6.45. The van der Waals surface area contributed by atoms with E-state index in [0.29, 0.717) is 18.2 Å². The largest absolute Gasteiger partial charge is 0.350 e. The van der Waals surface area contributed by atoms with Crippen molar-refractivity contribution in [3.63, 3.8) is 0 Å². The number of nitro benzene ring substituents is 1. The zero-order valence-electron chi connectivity index (χ0n) is 16.0. The van der Waals surface area contributed by atoms with Gasteiger partial charge in [-0.25, -0.2) is 0 Å². The number of non-ortho nitro benzene ring substituents is 1. The van der Waals surface area contributed by atoms with Gasteiger partial charge in [0.1, 0.15) is 0 Å². The molecule has 1 heterocycles. The number of aliphatic imine (C=N–C) groups is 1. The molecule has 1 aromatic rings. The van der Waals surface area contributed by atoms with Crippen molar-refractivity contribution in [3.8, 4) is 0 Å². The van der Waals surface area contributed by atoms with Gasteiger partial charge in [0.2, 0.25) is 5.91 Å². The number of anilines is 1. The van der Waals surface area contributed by atoms with E-state index in [2.05, 4.69) is 10.2 Å². The Morgan fingerprint density at radius 1 is 1.25 bits per heavy atom. The fourth-order valence-corrected chi connectivity index (χ4v) is 4.76. The highest BCUT2D eigenvalue weighted by atomic mass is 35.5. The van der Waals surface area contributed by atoms with Crippen LogP contribution < -0.4 is 5.32 Å². The highest BCUT2D eigenvalue weighted by Crippen LogP contribution is 2.28. The van der Waals surface area contributed by atoms with Gasteiger partial charge in [0.25, 0.3) is 5.69 Å². The molecule has 1 aromatic carbocycles. The summed E-state index contributed by atoms with van der Waals surface area (Å²) < 4.78 is 0. The number of hydrogen-bond donors (Lipinski definition) is 1. The summed E-state index contributed by atoms with van der Waals surface area (Å²) in [5, 5.41) is 14.6. The number of nitrogens with one attached hydrogen (secondary N) is 1. The zero-order valence-corrected chi connectivity index (χ0v) is 17.6. The quantitative estimate of drug-likeness (QED) is 0.426. The van der Waals surface area contributed by atoms with E-state index >= 15 is 0 Å². The Morgan fingerprint density at radius 3 is 2.50 bits per heavy atom. The number of benzene rings is 1. The van der Waals surface area contributed by atoms with E-state index in [4.69, 9.17) is 4.99 Å². The minimum Gasteiger partial charge on any atom is -0.350 e. The normalized spacial score (nSPS) is 21.8. The number of nitrogens with zero attached hydrogens (tertiary/aromatic N) is 3. The fourth-order valence-electron chi connectivity index (χ4n) is 3.50. The van der Waals surface area contributed by atoms with Gasteiger partial charge in [-0.3, -0.25) is 19.9 Å². The summed E-state index contributed by atoms with van der Waals surface area (Å²) in [5.74, 6) is 0.771. The second kappa shape index (κ2) is 10.7. The molecule has 154 valence electrons. The van der Waals surface area contributed by atoms with E-state index in [1.54, 1.807) is 23.9 Å². The minimum atomic E-state index is -0.453. The van der Waals surface area contributed by atoms with Gasteiger partial charge in [0.15, 0.2) is 5.17 Å². The van der Waals surface area contributed by atoms with Crippen LogP contribution in [0.15, 0.2) is 29.3 Å². The van der Waals surface area contributed by atoms with E-state index in [1.165, 1.54) is 50.7 Å². The molecule has 0 spiro atoms. The third kappa shape index (κ3) is 6.10. The Kier molecular flexibility index (Phi) is 8.57. The SMILES string of the molecule is CN1/C(=N/C2CCCCCC2)SCC1CC(=O)Nc1ccc([N+](=O)[O-])cc1.Cl. The Bertz CT molecular complexity index is 706. The van der Waals surface area contributed by atoms with Crippen LogP contribution >= 0.6 is 24.2 Å². The molecule has 28 heavy (non-hydrogen) atoms. The maximum absolute atomic E-state index is 12.4. The van der Waals surface area contributed by atoms with Crippen molar-refractivity contribution < 1.29 is 9.72 Å². The second-order valence-electron chi connectivity index (χ2n) is 7.19. The predicted molar refractivity (Wildman–Crippen MR) is 117 cm³/mol. The molecule has 1 aliphatic carbocycles. The first-order chi connectivity index (χ1) is 13.0. The lowest BCUT2D eigenvalue weighted by molar-refractivity contribution is -0.384. The summed E-state index contributed by atoms with van der Waals surface area (Å²) >= 11 is 1.73. The van der Waals surface area contributed by atoms with Crippen LogP contribution in [0.5, 0.6) is 0 Å². The first-order valence-electron chi connectivity index (χ1n) is 9.50. The molecule has 1 N–H and O–H groups in total. The van der Waals surface area contributed by atoms with Crippen molar-refractivity contribution in [1.29, 1.82) is 0 Å². The first-order valence-corrected chi connectivity index (χ1v) is 10.5. The van der Waals surface area contributed by atoms with Gasteiger partial charge in [-0.1, -0.05) is 37.4 Å². The van der Waals surface area contributed by atoms with Crippen LogP contribution in [-0.4, -0.2) is 45.8 Å². The Hall–Kier alpha value is -1.80. The van der Waals surface area contributed by atoms with Crippen LogP contribution in [0.1, 0.15) is 44.9 Å². The van der Waals surface area contributed by atoms with Crippen molar-refractivity contribution in [2.45, 2.75) is 57.0 Å². The third-order valence-electron chi connectivity index (χ3n) is 5.15. The zero-order chi connectivity index (χ0) is 19.2. The molecule has 0 aromatic heterocycles. The number of thioether (sulfide) groups is 1. The third-order valence-corrected chi connectivity index (χ3v) is 6.36. The van der Waals surface area contributed by atoms with Gasteiger partial charge < -0.3 is 10.2 Å². The van der Waals surface area contributed by atoms with Crippen LogP contribution in [0.4, 0.5) is 11.4 Å². The average Bonchev–Trinajstić information content (AvgIpc) is 2.85. The van der Waals surface area contributed by atoms with Crippen molar-refractivity contribution in [2.75, 3.05) is 18.1 Å². The van der Waals surface area contributed by atoms with Gasteiger partial charge in [0.05, 0.1) is 11.0 Å². The maximum atomic E-state index is 12.4. The Labute approximate surface area is 175 Å². The van der Waals surface area contributed by atoms with Crippen molar-refractivity contribution in [3.05, 3.63) is 34.4 Å². The molecule has 1 amide bonds. The van der Waals surface area contributed by atoms with Gasteiger partial charge in [-0.2, -0.15) is 0 Å². The summed E-state index contributed by atoms with van der Waals surface area (Å²) in [6.07, 6.45) is 7.87. The topological polar surface area (TPSA) is 87.8 Å². The van der Waals surface area contributed by atoms with Gasteiger partial charge in [-0.15, -0.1) is 12.4 Å². The van der Waals surface area contributed by atoms with E-state index in [-0.39, 0.29) is 30.0 Å². The molecule has 7 nitrogen and oxygen atoms in total. The molecule has 0 bridgehead atoms. The van der Waals surface area contributed by atoms with E-state index < -0.39 is 4.92 Å². The van der Waals surface area contributed by atoms with E-state index in [9.17, 15) is 14.9 Å². The summed E-state index contributed by atoms with van der Waals surface area (Å²) in [6.45, 7) is 0. The monoisotopic (exact) mass is 426 g/mol. The number of halogens is 1. The lowest BCUT2D eigenvalue weighted by Crippen LogP contribution is -2.34. The number of carbonyl (C=O) groups is 1. The molecule has 3 rings (SSSR count). The van der Waals surface area contributed by atoms with Crippen LogP contribution in [0, 0.1) is 10.1 Å². The predicted octanol–water partition coefficient (Wildman–Crippen LogP) is 4.47. The molecular formula is C19H27ClN4O3S. The van der Waals surface area contributed by atoms with Gasteiger partial charge >= 0.3 is 0 Å². The van der Waals surface area contributed by atoms with Crippen LogP contribution in [0.25, 0.3) is 0 Å². The summed E-state index contributed by atoms with van der Waals surface area (Å²) in [7, 11) is 2.01. The fraction of sp³-hybridized carbons (Fsp3) is 0.579. The molecule has 1 atom stereocenters. The molecule has 1 aliphatic heterocycles. The van der Waals surface area contributed by atoms with Crippen molar-refractivity contribution >= 4 is 46.6 Å². The van der Waals surface area contributed by atoms with Crippen LogP contribution in [-0.2, 0) is 4.79 Å². The number of carbonyl (C=O) groups excluding carboxylic acids is 1. The molecule has 2 fully saturated rings. The molecule has 0 radical (unpaired) electrons. The van der Waals surface area contributed by atoms with Crippen molar-refractivity contribution in [2.24, 2.45) is 4.99 Å². The second-order valence-corrected chi connectivity index (χ2v) is 8.18. The lowest BCUT2D eigenvalue weighted by Gasteiger charge is -2.21. The first kappa shape index (κ1) is 22.5. The average molecular weight is 427 g/mol. The smallest absolute Gasteiger partial charge is 0.269 e. The highest BCUT2D eigenvalue weighted by molar-refractivity contribution is 8.14. The number of nitro groups is 1. The van der Waals surface area contributed by atoms with Gasteiger partial charge in [-0.05, 0) is 25.0 Å². The molecular weight excluding hydrogens is 400 g/mol. The Balaban J connectivity index is 0.00000280. The molecule has 2 aliphatic rings. The molecule has 9 heteroatoms. The standard InChI is InChI=1S/C19H26N4O3S.ClH/c1-22-17(13-27-19(22)21-14-6-4-2-3-5-7-14)12-18(24)20-15-8-10-16(11-9-15)23(25)26;/h8-11,14,17H,2-7,12-13H2,1H3,(H,20,24);1H/b21-19-;. The Morgan fingerprint density at radius 2 is 1.89 bits per heavy atom. The van der Waals surface area contributed by atoms with Gasteiger partial charge in [0, 0.05) is 43.1 Å². The van der Waals surface area contributed by atoms with E-state index in [1.807, 2.05) is 7.05 Å². The van der Waals surface area contributed by atoms with Crippen LogP contribution in [0.2, 0.25) is 0 Å². The highest BCUT2D eigenvalue weighted by Gasteiger charge is 2.29. The molecule has 1 saturated heterocycles. The minimum absolute atomic E-state index is 0. The lowest BCUT2D eigenvalue weighted by atomic mass is 10.1. The number of hydrogen-bond acceptors (Lipinski definition) is 5. The summed E-state index contributed by atoms with van der Waals surface area (Å²) in [5.41, 5.74) is 0.588. The van der Waals surface area contributed by atoms with Crippen LogP contribution in [0.3, 0.4) is 0 Å². The van der Waals surface area contributed by atoms with Crippen molar-refractivity contribution in [1.82, 2.24) is 4.90 Å². The van der Waals surface area contributed by atoms with E-state index in [0.717, 1.165) is 10.9 Å². The molecule has 1 saturated carbocycles. The number of rotatable bonds is 5. The summed E-state index contributed by atoms with van der Waals surface area (Å²) in [4.78, 5) is 29.7.